The van der Waals surface area contributed by atoms with Gasteiger partial charge in [0.25, 0.3) is 0 Å². The molecule has 0 saturated carbocycles. The summed E-state index contributed by atoms with van der Waals surface area (Å²) in [4.78, 5) is 30.4. The second-order valence-electron chi connectivity index (χ2n) is 6.55. The Morgan fingerprint density at radius 3 is 2.92 bits per heavy atom. The van der Waals surface area contributed by atoms with Crippen molar-refractivity contribution in [3.05, 3.63) is 29.6 Å². The van der Waals surface area contributed by atoms with Gasteiger partial charge in [0, 0.05) is 31.5 Å². The van der Waals surface area contributed by atoms with Crippen molar-refractivity contribution in [2.24, 2.45) is 0 Å². The van der Waals surface area contributed by atoms with Crippen molar-refractivity contribution >= 4 is 11.9 Å². The van der Waals surface area contributed by atoms with Crippen LogP contribution in [0, 0.1) is 6.92 Å². The third-order valence-corrected chi connectivity index (χ3v) is 4.62. The van der Waals surface area contributed by atoms with Gasteiger partial charge in [0.15, 0.2) is 0 Å². The number of urea groups is 1. The molecular weight excluding hydrogens is 304 g/mol. The summed E-state index contributed by atoms with van der Waals surface area (Å²) in [7, 11) is 0. The van der Waals surface area contributed by atoms with Gasteiger partial charge < -0.3 is 15.5 Å². The summed E-state index contributed by atoms with van der Waals surface area (Å²) >= 11 is 0. The van der Waals surface area contributed by atoms with Gasteiger partial charge in [0.05, 0.1) is 0 Å². The molecule has 1 aromatic rings. The second-order valence-corrected chi connectivity index (χ2v) is 6.55. The van der Waals surface area contributed by atoms with Crippen LogP contribution >= 0.6 is 0 Å². The van der Waals surface area contributed by atoms with E-state index in [0.717, 1.165) is 36.9 Å². The Morgan fingerprint density at radius 2 is 2.21 bits per heavy atom. The van der Waals surface area contributed by atoms with E-state index in [-0.39, 0.29) is 18.0 Å². The Balaban J connectivity index is 1.75. The Bertz CT molecular complexity index is 576. The van der Waals surface area contributed by atoms with E-state index in [1.807, 2.05) is 24.1 Å². The fourth-order valence-corrected chi connectivity index (χ4v) is 3.08. The summed E-state index contributed by atoms with van der Waals surface area (Å²) in [6, 6.07) is 1.41. The number of pyridine rings is 1. The van der Waals surface area contributed by atoms with Gasteiger partial charge in [-0.25, -0.2) is 4.79 Å². The molecule has 1 aliphatic rings. The lowest BCUT2D eigenvalue weighted by Crippen LogP contribution is -2.53. The third kappa shape index (κ3) is 4.94. The summed E-state index contributed by atoms with van der Waals surface area (Å²) in [6.45, 7) is 7.13. The van der Waals surface area contributed by atoms with Gasteiger partial charge in [0.1, 0.15) is 6.04 Å². The number of rotatable bonds is 5. The van der Waals surface area contributed by atoms with Crippen LogP contribution in [0.2, 0.25) is 0 Å². The van der Waals surface area contributed by atoms with Crippen LogP contribution in [0.1, 0.15) is 44.2 Å². The molecule has 132 valence electrons. The molecule has 1 aliphatic heterocycles. The van der Waals surface area contributed by atoms with Crippen LogP contribution < -0.4 is 10.6 Å². The molecule has 0 aliphatic carbocycles. The van der Waals surface area contributed by atoms with Crippen LogP contribution in [-0.2, 0) is 11.2 Å². The fourth-order valence-electron chi connectivity index (χ4n) is 3.08. The maximum atomic E-state index is 12.5. The molecule has 0 radical (unpaired) electrons. The largest absolute Gasteiger partial charge is 0.338 e. The van der Waals surface area contributed by atoms with E-state index in [4.69, 9.17) is 0 Å². The number of hydrogen-bond acceptors (Lipinski definition) is 3. The molecule has 2 heterocycles. The maximum Gasteiger partial charge on any atom is 0.315 e. The van der Waals surface area contributed by atoms with Gasteiger partial charge >= 0.3 is 6.03 Å². The Morgan fingerprint density at radius 1 is 1.42 bits per heavy atom. The van der Waals surface area contributed by atoms with Crippen molar-refractivity contribution < 1.29 is 9.59 Å². The zero-order chi connectivity index (χ0) is 17.5. The molecule has 1 fully saturated rings. The molecule has 2 N–H and O–H groups in total. The topological polar surface area (TPSA) is 74.3 Å². The molecule has 6 heteroatoms. The van der Waals surface area contributed by atoms with E-state index < -0.39 is 6.04 Å². The minimum Gasteiger partial charge on any atom is -0.338 e. The molecule has 1 aromatic heterocycles. The molecular formula is C18H28N4O2. The van der Waals surface area contributed by atoms with Crippen LogP contribution in [-0.4, -0.2) is 47.0 Å². The van der Waals surface area contributed by atoms with Gasteiger partial charge in [-0.15, -0.1) is 0 Å². The van der Waals surface area contributed by atoms with E-state index in [2.05, 4.69) is 22.5 Å². The van der Waals surface area contributed by atoms with Crippen LogP contribution in [0.3, 0.4) is 0 Å². The summed E-state index contributed by atoms with van der Waals surface area (Å²) in [5.41, 5.74) is 2.28. The highest BCUT2D eigenvalue weighted by Gasteiger charge is 2.27. The van der Waals surface area contributed by atoms with E-state index >= 15 is 0 Å². The Hall–Kier alpha value is -2.11. The lowest BCUT2D eigenvalue weighted by atomic mass is 10.0. The number of carbonyl (C=O) groups is 2. The molecule has 24 heavy (non-hydrogen) atoms. The smallest absolute Gasteiger partial charge is 0.315 e. The lowest BCUT2D eigenvalue weighted by molar-refractivity contribution is -0.136. The van der Waals surface area contributed by atoms with E-state index in [9.17, 15) is 9.59 Å². The number of piperidine rings is 1. The maximum absolute atomic E-state index is 12.5. The molecule has 2 atom stereocenters. The van der Waals surface area contributed by atoms with Crippen LogP contribution in [0.5, 0.6) is 0 Å². The van der Waals surface area contributed by atoms with Crippen LogP contribution in [0.25, 0.3) is 0 Å². The van der Waals surface area contributed by atoms with Gasteiger partial charge in [-0.2, -0.15) is 0 Å². The SMILES string of the molecule is Cc1cnccc1CCNC(=O)NC(C)C(=O)N1CCCCC1C. The normalized spacial score (nSPS) is 18.8. The zero-order valence-corrected chi connectivity index (χ0v) is 14.8. The number of nitrogens with one attached hydrogen (secondary N) is 2. The zero-order valence-electron chi connectivity index (χ0n) is 14.8. The summed E-state index contributed by atoms with van der Waals surface area (Å²) in [6.07, 6.45) is 7.56. The highest BCUT2D eigenvalue weighted by molar-refractivity contribution is 5.87. The molecule has 0 aromatic carbocycles. The first-order valence-electron chi connectivity index (χ1n) is 8.73. The summed E-state index contributed by atoms with van der Waals surface area (Å²) in [5.74, 6) is 0.00216. The average molecular weight is 332 g/mol. The first-order valence-corrected chi connectivity index (χ1v) is 8.73. The van der Waals surface area contributed by atoms with E-state index in [1.54, 1.807) is 13.1 Å². The minimum absolute atomic E-state index is 0.00216. The predicted molar refractivity (Wildman–Crippen MR) is 93.7 cm³/mol. The number of aryl methyl sites for hydroxylation is 1. The fraction of sp³-hybridized carbons (Fsp3) is 0.611. The number of hydrogen-bond donors (Lipinski definition) is 2. The number of carbonyl (C=O) groups excluding carboxylic acids is 2. The number of aromatic nitrogens is 1. The first kappa shape index (κ1) is 18.2. The summed E-state index contributed by atoms with van der Waals surface area (Å²) < 4.78 is 0. The number of nitrogens with zero attached hydrogens (tertiary/aromatic N) is 2. The molecule has 0 spiro atoms. The lowest BCUT2D eigenvalue weighted by Gasteiger charge is -2.35. The van der Waals surface area contributed by atoms with Crippen molar-refractivity contribution in [1.82, 2.24) is 20.5 Å². The second kappa shape index (κ2) is 8.66. The number of amides is 3. The van der Waals surface area contributed by atoms with Crippen molar-refractivity contribution in [1.29, 1.82) is 0 Å². The predicted octanol–water partition coefficient (Wildman–Crippen LogP) is 2.02. The highest BCUT2D eigenvalue weighted by Crippen LogP contribution is 2.17. The monoisotopic (exact) mass is 332 g/mol. The standard InChI is InChI=1S/C18H28N4O2/c1-13-12-19-9-7-16(13)8-10-20-18(24)21-15(3)17(23)22-11-5-4-6-14(22)2/h7,9,12,14-15H,4-6,8,10-11H2,1-3H3,(H2,20,21,24). The molecule has 1 saturated heterocycles. The number of likely N-dealkylation sites (tertiary alicyclic amines) is 1. The van der Waals surface area contributed by atoms with Gasteiger partial charge in [-0.3, -0.25) is 9.78 Å². The molecule has 3 amide bonds. The van der Waals surface area contributed by atoms with Crippen LogP contribution in [0.15, 0.2) is 18.5 Å². The minimum atomic E-state index is -0.506. The highest BCUT2D eigenvalue weighted by atomic mass is 16.2. The van der Waals surface area contributed by atoms with E-state index in [0.29, 0.717) is 6.54 Å². The first-order chi connectivity index (χ1) is 11.5. The molecule has 6 nitrogen and oxygen atoms in total. The third-order valence-electron chi connectivity index (χ3n) is 4.62. The van der Waals surface area contributed by atoms with Crippen LogP contribution in [0.4, 0.5) is 4.79 Å². The summed E-state index contributed by atoms with van der Waals surface area (Å²) in [5, 5.41) is 5.56. The Kier molecular flexibility index (Phi) is 6.58. The van der Waals surface area contributed by atoms with Crippen molar-refractivity contribution in [3.8, 4) is 0 Å². The molecule has 2 rings (SSSR count). The van der Waals surface area contributed by atoms with Gasteiger partial charge in [-0.05, 0) is 63.6 Å². The Labute approximate surface area is 144 Å². The van der Waals surface area contributed by atoms with Gasteiger partial charge in [-0.1, -0.05) is 0 Å². The van der Waals surface area contributed by atoms with Gasteiger partial charge in [0.2, 0.25) is 5.91 Å². The van der Waals surface area contributed by atoms with Crippen molar-refractivity contribution in [2.45, 2.75) is 58.5 Å². The van der Waals surface area contributed by atoms with Crippen molar-refractivity contribution in [3.63, 3.8) is 0 Å². The van der Waals surface area contributed by atoms with Crippen molar-refractivity contribution in [2.75, 3.05) is 13.1 Å². The average Bonchev–Trinajstić information content (AvgIpc) is 2.56. The van der Waals surface area contributed by atoms with E-state index in [1.165, 1.54) is 6.42 Å². The molecule has 0 bridgehead atoms. The molecule has 2 unspecified atom stereocenters. The quantitative estimate of drug-likeness (QED) is 0.866.